The number of hydrogen-bond acceptors (Lipinski definition) is 2. The number of piperidine rings is 1. The van der Waals surface area contributed by atoms with Crippen LogP contribution in [0.4, 0.5) is 0 Å². The van der Waals surface area contributed by atoms with Gasteiger partial charge in [-0.2, -0.15) is 0 Å². The average Bonchev–Trinajstić information content (AvgIpc) is 2.78. The quantitative estimate of drug-likeness (QED) is 0.648. The number of fused-ring (bicyclic) bond motifs is 1. The highest BCUT2D eigenvalue weighted by atomic mass is 16.2. The zero-order valence-corrected chi connectivity index (χ0v) is 8.09. The van der Waals surface area contributed by atoms with Gasteiger partial charge in [0, 0.05) is 6.42 Å². The molecule has 3 heteroatoms. The molecular weight excluding hydrogens is 166 g/mol. The first-order valence-electron chi connectivity index (χ1n) is 4.95. The zero-order chi connectivity index (χ0) is 9.64. The monoisotopic (exact) mass is 181 g/mol. The molecule has 72 valence electrons. The molecule has 1 aliphatic carbocycles. The molecule has 13 heavy (non-hydrogen) atoms. The van der Waals surface area contributed by atoms with E-state index < -0.39 is 0 Å². The van der Waals surface area contributed by atoms with E-state index in [9.17, 15) is 9.59 Å². The van der Waals surface area contributed by atoms with Crippen molar-refractivity contribution >= 4 is 11.8 Å². The van der Waals surface area contributed by atoms with Crippen molar-refractivity contribution in [2.24, 2.45) is 17.3 Å². The Kier molecular flexibility index (Phi) is 1.72. The molecule has 3 nitrogen and oxygen atoms in total. The van der Waals surface area contributed by atoms with Gasteiger partial charge in [-0.15, -0.1) is 0 Å². The molecule has 3 unspecified atom stereocenters. The molecule has 1 aliphatic heterocycles. The van der Waals surface area contributed by atoms with Crippen LogP contribution in [0.5, 0.6) is 0 Å². The van der Waals surface area contributed by atoms with Crippen molar-refractivity contribution in [3.63, 3.8) is 0 Å². The molecule has 1 heterocycles. The van der Waals surface area contributed by atoms with E-state index >= 15 is 0 Å². The molecule has 0 spiro atoms. The SMILES string of the molecule is CCC(C)C12CC1CC(=O)NC2=O. The van der Waals surface area contributed by atoms with E-state index in [1.165, 1.54) is 0 Å². The van der Waals surface area contributed by atoms with Crippen LogP contribution in [-0.4, -0.2) is 11.8 Å². The number of amides is 2. The lowest BCUT2D eigenvalue weighted by atomic mass is 9.83. The van der Waals surface area contributed by atoms with Gasteiger partial charge in [0.1, 0.15) is 0 Å². The molecule has 2 aliphatic rings. The maximum absolute atomic E-state index is 11.6. The summed E-state index contributed by atoms with van der Waals surface area (Å²) in [6, 6.07) is 0. The maximum atomic E-state index is 11.6. The fourth-order valence-corrected chi connectivity index (χ4v) is 2.59. The van der Waals surface area contributed by atoms with Crippen LogP contribution in [0.3, 0.4) is 0 Å². The number of hydrogen-bond donors (Lipinski definition) is 1. The molecule has 1 saturated heterocycles. The van der Waals surface area contributed by atoms with E-state index in [1.807, 2.05) is 0 Å². The van der Waals surface area contributed by atoms with Gasteiger partial charge in [-0.05, 0) is 18.3 Å². The molecule has 0 aromatic rings. The van der Waals surface area contributed by atoms with Crippen LogP contribution in [0.2, 0.25) is 0 Å². The summed E-state index contributed by atoms with van der Waals surface area (Å²) in [4.78, 5) is 22.7. The highest BCUT2D eigenvalue weighted by molar-refractivity contribution is 6.03. The summed E-state index contributed by atoms with van der Waals surface area (Å²) in [5.41, 5.74) is -0.178. The molecule has 2 amide bonds. The van der Waals surface area contributed by atoms with Crippen LogP contribution in [0, 0.1) is 17.3 Å². The largest absolute Gasteiger partial charge is 0.296 e. The molecule has 3 atom stereocenters. The lowest BCUT2D eigenvalue weighted by molar-refractivity contribution is -0.138. The third-order valence-corrected chi connectivity index (χ3v) is 3.75. The fraction of sp³-hybridized carbons (Fsp3) is 0.800. The number of rotatable bonds is 2. The van der Waals surface area contributed by atoms with Gasteiger partial charge in [0.05, 0.1) is 5.41 Å². The van der Waals surface area contributed by atoms with Gasteiger partial charge in [-0.3, -0.25) is 14.9 Å². The molecule has 0 aromatic carbocycles. The van der Waals surface area contributed by atoms with E-state index in [1.54, 1.807) is 0 Å². The van der Waals surface area contributed by atoms with Crippen molar-refractivity contribution in [1.82, 2.24) is 5.32 Å². The summed E-state index contributed by atoms with van der Waals surface area (Å²) in [7, 11) is 0. The Morgan fingerprint density at radius 3 is 2.85 bits per heavy atom. The smallest absolute Gasteiger partial charge is 0.233 e. The predicted octanol–water partition coefficient (Wildman–Crippen LogP) is 1.09. The van der Waals surface area contributed by atoms with Crippen LogP contribution in [0.15, 0.2) is 0 Å². The summed E-state index contributed by atoms with van der Waals surface area (Å²) in [6.45, 7) is 4.20. The van der Waals surface area contributed by atoms with Gasteiger partial charge in [-0.1, -0.05) is 20.3 Å². The second-order valence-electron chi connectivity index (χ2n) is 4.33. The minimum Gasteiger partial charge on any atom is -0.296 e. The minimum absolute atomic E-state index is 0.0249. The summed E-state index contributed by atoms with van der Waals surface area (Å²) < 4.78 is 0. The zero-order valence-electron chi connectivity index (χ0n) is 8.09. The first-order chi connectivity index (χ1) is 6.11. The third-order valence-electron chi connectivity index (χ3n) is 3.75. The second kappa shape index (κ2) is 2.56. The van der Waals surface area contributed by atoms with Gasteiger partial charge in [0.2, 0.25) is 11.8 Å². The second-order valence-corrected chi connectivity index (χ2v) is 4.33. The molecule has 0 bridgehead atoms. The van der Waals surface area contributed by atoms with Crippen molar-refractivity contribution in [3.05, 3.63) is 0 Å². The van der Waals surface area contributed by atoms with Crippen molar-refractivity contribution in [2.45, 2.75) is 33.1 Å². The van der Waals surface area contributed by atoms with Crippen LogP contribution in [0.25, 0.3) is 0 Å². The first-order valence-corrected chi connectivity index (χ1v) is 4.95. The van der Waals surface area contributed by atoms with Crippen molar-refractivity contribution in [1.29, 1.82) is 0 Å². The van der Waals surface area contributed by atoms with Crippen LogP contribution >= 0.6 is 0 Å². The van der Waals surface area contributed by atoms with E-state index in [0.29, 0.717) is 18.3 Å². The molecule has 0 radical (unpaired) electrons. The number of carbonyl (C=O) groups is 2. The summed E-state index contributed by atoms with van der Waals surface area (Å²) in [6.07, 6.45) is 2.48. The Morgan fingerprint density at radius 1 is 1.62 bits per heavy atom. The Balaban J connectivity index is 2.19. The summed E-state index contributed by atoms with van der Waals surface area (Å²) in [5.74, 6) is 0.629. The summed E-state index contributed by atoms with van der Waals surface area (Å²) in [5, 5.41) is 2.45. The van der Waals surface area contributed by atoms with E-state index in [-0.39, 0.29) is 17.2 Å². The van der Waals surface area contributed by atoms with Crippen molar-refractivity contribution < 1.29 is 9.59 Å². The van der Waals surface area contributed by atoms with Crippen LogP contribution < -0.4 is 5.32 Å². The van der Waals surface area contributed by atoms with Gasteiger partial charge < -0.3 is 0 Å². The Labute approximate surface area is 77.9 Å². The summed E-state index contributed by atoms with van der Waals surface area (Å²) >= 11 is 0. The van der Waals surface area contributed by atoms with E-state index in [2.05, 4.69) is 19.2 Å². The Bertz CT molecular complexity index is 274. The number of carbonyl (C=O) groups excluding carboxylic acids is 2. The van der Waals surface area contributed by atoms with E-state index in [4.69, 9.17) is 0 Å². The van der Waals surface area contributed by atoms with Crippen LogP contribution in [0.1, 0.15) is 33.1 Å². The van der Waals surface area contributed by atoms with Gasteiger partial charge >= 0.3 is 0 Å². The maximum Gasteiger partial charge on any atom is 0.233 e. The fourth-order valence-electron chi connectivity index (χ4n) is 2.59. The Morgan fingerprint density at radius 2 is 2.31 bits per heavy atom. The lowest BCUT2D eigenvalue weighted by Gasteiger charge is -2.26. The van der Waals surface area contributed by atoms with Gasteiger partial charge in [-0.25, -0.2) is 0 Å². The van der Waals surface area contributed by atoms with Gasteiger partial charge in [0.15, 0.2) is 0 Å². The molecule has 1 saturated carbocycles. The first kappa shape index (κ1) is 8.73. The molecular formula is C10H15NO2. The Hall–Kier alpha value is -0.860. The van der Waals surface area contributed by atoms with Crippen molar-refractivity contribution in [3.8, 4) is 0 Å². The highest BCUT2D eigenvalue weighted by Crippen LogP contribution is 2.61. The molecule has 2 fully saturated rings. The lowest BCUT2D eigenvalue weighted by Crippen LogP contribution is -2.44. The standard InChI is InChI=1S/C10H15NO2/c1-3-6(2)10-5-7(10)4-8(12)11-9(10)13/h6-7H,3-5H2,1-2H3,(H,11,12,13). The number of imide groups is 1. The van der Waals surface area contributed by atoms with E-state index in [0.717, 1.165) is 12.8 Å². The molecule has 1 N–H and O–H groups in total. The normalized spacial score (nSPS) is 39.4. The predicted molar refractivity (Wildman–Crippen MR) is 47.8 cm³/mol. The molecule has 2 rings (SSSR count). The van der Waals surface area contributed by atoms with Gasteiger partial charge in [0.25, 0.3) is 0 Å². The third kappa shape index (κ3) is 1.02. The van der Waals surface area contributed by atoms with Crippen LogP contribution in [-0.2, 0) is 9.59 Å². The average molecular weight is 181 g/mol. The highest BCUT2D eigenvalue weighted by Gasteiger charge is 2.64. The molecule has 0 aromatic heterocycles. The minimum atomic E-state index is -0.178. The number of nitrogens with one attached hydrogen (secondary N) is 1. The topological polar surface area (TPSA) is 46.2 Å². The van der Waals surface area contributed by atoms with Crippen molar-refractivity contribution in [2.75, 3.05) is 0 Å².